The summed E-state index contributed by atoms with van der Waals surface area (Å²) in [6.07, 6.45) is 1.04. The molecule has 4 heteroatoms. The van der Waals surface area contributed by atoms with Gasteiger partial charge in [-0.05, 0) is 26.0 Å². The van der Waals surface area contributed by atoms with Gasteiger partial charge in [0.05, 0.1) is 0 Å². The van der Waals surface area contributed by atoms with Crippen LogP contribution >= 0.6 is 0 Å². The van der Waals surface area contributed by atoms with Gasteiger partial charge in [0.1, 0.15) is 12.0 Å². The predicted molar refractivity (Wildman–Crippen MR) is 54.6 cm³/mol. The van der Waals surface area contributed by atoms with E-state index in [1.165, 1.54) is 0 Å². The maximum atomic E-state index is 9.73. The molecule has 2 atom stereocenters. The highest BCUT2D eigenvalue weighted by atomic mass is 16.3. The van der Waals surface area contributed by atoms with Crippen molar-refractivity contribution in [2.45, 2.75) is 38.6 Å². The Balaban J connectivity index is 2.57. The third-order valence-electron chi connectivity index (χ3n) is 2.09. The summed E-state index contributed by atoms with van der Waals surface area (Å²) in [6.45, 7) is 5.07. The topological polar surface area (TPSA) is 68.3 Å². The highest BCUT2D eigenvalue weighted by Crippen LogP contribution is 2.16. The first-order valence-corrected chi connectivity index (χ1v) is 4.71. The maximum absolute atomic E-state index is 9.73. The Morgan fingerprint density at radius 2 is 2.14 bits per heavy atom. The van der Waals surface area contributed by atoms with Crippen LogP contribution in [0.5, 0.6) is 0 Å². The Hall–Kier alpha value is -0.840. The number of H-pyrrole nitrogens is 1. The summed E-state index contributed by atoms with van der Waals surface area (Å²) < 4.78 is 0. The molecule has 0 aliphatic heterocycles. The van der Waals surface area contributed by atoms with Crippen LogP contribution in [0, 0.1) is 0 Å². The molecule has 80 valence electrons. The molecular formula is C10H18N2O2. The lowest BCUT2D eigenvalue weighted by Crippen LogP contribution is -2.47. The van der Waals surface area contributed by atoms with Gasteiger partial charge in [-0.25, -0.2) is 0 Å². The van der Waals surface area contributed by atoms with E-state index in [4.69, 9.17) is 0 Å². The van der Waals surface area contributed by atoms with Crippen molar-refractivity contribution in [3.8, 4) is 0 Å². The number of nitrogens with one attached hydrogen (secondary N) is 2. The average molecular weight is 198 g/mol. The zero-order valence-corrected chi connectivity index (χ0v) is 8.78. The molecule has 0 saturated heterocycles. The average Bonchev–Trinajstić information content (AvgIpc) is 2.51. The zero-order valence-electron chi connectivity index (χ0n) is 8.78. The van der Waals surface area contributed by atoms with Gasteiger partial charge in [0.15, 0.2) is 0 Å². The Kier molecular flexibility index (Phi) is 3.31. The van der Waals surface area contributed by atoms with E-state index in [1.807, 2.05) is 25.3 Å². The van der Waals surface area contributed by atoms with Crippen LogP contribution in [0.25, 0.3) is 0 Å². The van der Waals surface area contributed by atoms with E-state index in [2.05, 4.69) is 10.3 Å². The number of aromatic nitrogens is 1. The van der Waals surface area contributed by atoms with Crippen LogP contribution in [0.2, 0.25) is 0 Å². The second-order valence-corrected chi connectivity index (χ2v) is 4.06. The summed E-state index contributed by atoms with van der Waals surface area (Å²) in [5, 5.41) is 21.9. The summed E-state index contributed by atoms with van der Waals surface area (Å²) in [7, 11) is 0. The Morgan fingerprint density at radius 1 is 1.50 bits per heavy atom. The fourth-order valence-electron chi connectivity index (χ4n) is 1.28. The van der Waals surface area contributed by atoms with E-state index in [1.54, 1.807) is 13.8 Å². The van der Waals surface area contributed by atoms with Gasteiger partial charge in [-0.2, -0.15) is 0 Å². The Morgan fingerprint density at radius 3 is 2.57 bits per heavy atom. The lowest BCUT2D eigenvalue weighted by atomic mass is 10.1. The number of rotatable bonds is 4. The molecule has 4 nitrogen and oxygen atoms in total. The lowest BCUT2D eigenvalue weighted by molar-refractivity contribution is -0.0271. The standard InChI is InChI=1S/C10H18N2O2/c1-7(8-5-4-6-11-8)9(13)12-10(2,3)14/h4-7,9,11-14H,1-3H3. The minimum absolute atomic E-state index is 0.0866. The minimum Gasteiger partial charge on any atom is -0.378 e. The predicted octanol–water partition coefficient (Wildman–Crippen LogP) is 0.755. The normalized spacial score (nSPS) is 16.6. The molecule has 0 spiro atoms. The molecule has 0 radical (unpaired) electrons. The second-order valence-electron chi connectivity index (χ2n) is 4.06. The molecule has 0 amide bonds. The fraction of sp³-hybridized carbons (Fsp3) is 0.600. The molecule has 1 heterocycles. The summed E-state index contributed by atoms with van der Waals surface area (Å²) in [6, 6.07) is 3.78. The Bertz CT molecular complexity index is 264. The van der Waals surface area contributed by atoms with Crippen LogP contribution in [0.3, 0.4) is 0 Å². The van der Waals surface area contributed by atoms with E-state index in [0.717, 1.165) is 5.69 Å². The first-order valence-electron chi connectivity index (χ1n) is 4.71. The number of aliphatic hydroxyl groups is 2. The van der Waals surface area contributed by atoms with Crippen LogP contribution in [-0.2, 0) is 0 Å². The van der Waals surface area contributed by atoms with E-state index in [9.17, 15) is 10.2 Å². The summed E-state index contributed by atoms with van der Waals surface area (Å²) >= 11 is 0. The van der Waals surface area contributed by atoms with Gasteiger partial charge < -0.3 is 15.2 Å². The molecule has 0 fully saturated rings. The van der Waals surface area contributed by atoms with E-state index >= 15 is 0 Å². The third-order valence-corrected chi connectivity index (χ3v) is 2.09. The van der Waals surface area contributed by atoms with Crippen molar-refractivity contribution in [3.05, 3.63) is 24.0 Å². The zero-order chi connectivity index (χ0) is 10.8. The molecule has 0 bridgehead atoms. The lowest BCUT2D eigenvalue weighted by Gasteiger charge is -2.27. The largest absolute Gasteiger partial charge is 0.378 e. The summed E-state index contributed by atoms with van der Waals surface area (Å²) in [4.78, 5) is 3.02. The van der Waals surface area contributed by atoms with Crippen LogP contribution < -0.4 is 5.32 Å². The third kappa shape index (κ3) is 3.14. The van der Waals surface area contributed by atoms with Crippen molar-refractivity contribution in [1.29, 1.82) is 0 Å². The number of hydrogen-bond donors (Lipinski definition) is 4. The monoisotopic (exact) mass is 198 g/mol. The first-order chi connectivity index (χ1) is 6.40. The van der Waals surface area contributed by atoms with Gasteiger partial charge in [0, 0.05) is 17.8 Å². The molecular weight excluding hydrogens is 180 g/mol. The van der Waals surface area contributed by atoms with E-state index < -0.39 is 12.0 Å². The molecule has 0 aliphatic rings. The summed E-state index contributed by atoms with van der Waals surface area (Å²) in [5.41, 5.74) is -0.130. The van der Waals surface area contributed by atoms with Gasteiger partial charge in [0.2, 0.25) is 0 Å². The second kappa shape index (κ2) is 4.13. The van der Waals surface area contributed by atoms with Gasteiger partial charge in [-0.3, -0.25) is 5.32 Å². The van der Waals surface area contributed by atoms with Crippen molar-refractivity contribution in [2.24, 2.45) is 0 Å². The smallest absolute Gasteiger partial charge is 0.115 e. The molecule has 1 aromatic rings. The van der Waals surface area contributed by atoms with Crippen molar-refractivity contribution in [2.75, 3.05) is 0 Å². The number of aliphatic hydroxyl groups excluding tert-OH is 1. The minimum atomic E-state index is -1.07. The van der Waals surface area contributed by atoms with Gasteiger partial charge >= 0.3 is 0 Å². The van der Waals surface area contributed by atoms with Crippen molar-refractivity contribution < 1.29 is 10.2 Å². The number of aromatic amines is 1. The Labute approximate surface area is 84.0 Å². The fourth-order valence-corrected chi connectivity index (χ4v) is 1.28. The van der Waals surface area contributed by atoms with Crippen LogP contribution in [-0.4, -0.2) is 27.1 Å². The quantitative estimate of drug-likeness (QED) is 0.540. The SMILES string of the molecule is CC(c1ccc[nH]1)C(O)NC(C)(C)O. The highest BCUT2D eigenvalue weighted by molar-refractivity contribution is 5.10. The highest BCUT2D eigenvalue weighted by Gasteiger charge is 2.22. The van der Waals surface area contributed by atoms with Crippen LogP contribution in [0.15, 0.2) is 18.3 Å². The molecule has 2 unspecified atom stereocenters. The molecule has 0 aliphatic carbocycles. The van der Waals surface area contributed by atoms with E-state index in [0.29, 0.717) is 0 Å². The molecule has 0 saturated carbocycles. The molecule has 1 rings (SSSR count). The maximum Gasteiger partial charge on any atom is 0.115 e. The van der Waals surface area contributed by atoms with Crippen molar-refractivity contribution >= 4 is 0 Å². The summed E-state index contributed by atoms with van der Waals surface area (Å²) in [5.74, 6) is -0.0866. The first kappa shape index (κ1) is 11.2. The van der Waals surface area contributed by atoms with Gasteiger partial charge in [-0.1, -0.05) is 6.92 Å². The van der Waals surface area contributed by atoms with Gasteiger partial charge in [0.25, 0.3) is 0 Å². The van der Waals surface area contributed by atoms with Gasteiger partial charge in [-0.15, -0.1) is 0 Å². The van der Waals surface area contributed by atoms with Crippen molar-refractivity contribution in [3.63, 3.8) is 0 Å². The van der Waals surface area contributed by atoms with Crippen LogP contribution in [0.1, 0.15) is 32.4 Å². The molecule has 1 aromatic heterocycles. The molecule has 4 N–H and O–H groups in total. The van der Waals surface area contributed by atoms with Crippen molar-refractivity contribution in [1.82, 2.24) is 10.3 Å². The van der Waals surface area contributed by atoms with Crippen LogP contribution in [0.4, 0.5) is 0 Å². The molecule has 0 aromatic carbocycles. The van der Waals surface area contributed by atoms with E-state index in [-0.39, 0.29) is 5.92 Å². The number of hydrogen-bond acceptors (Lipinski definition) is 3. The molecule has 14 heavy (non-hydrogen) atoms.